The molecule has 0 saturated heterocycles. The van der Waals surface area contributed by atoms with Crippen LogP contribution in [0.15, 0.2) is 48.8 Å². The second-order valence-electron chi connectivity index (χ2n) is 5.47. The van der Waals surface area contributed by atoms with Crippen LogP contribution in [0.25, 0.3) is 5.69 Å². The minimum atomic E-state index is -0.931. The summed E-state index contributed by atoms with van der Waals surface area (Å²) in [4.78, 5) is 4.13. The van der Waals surface area contributed by atoms with Gasteiger partial charge in [-0.05, 0) is 30.7 Å². The van der Waals surface area contributed by atoms with Crippen molar-refractivity contribution >= 4 is 11.6 Å². The van der Waals surface area contributed by atoms with Crippen LogP contribution in [0.4, 0.5) is 20.4 Å². The van der Waals surface area contributed by atoms with Crippen LogP contribution in [-0.2, 0) is 0 Å². The second kappa shape index (κ2) is 7.74. The summed E-state index contributed by atoms with van der Waals surface area (Å²) in [6, 6.07) is 11.0. The second-order valence-corrected chi connectivity index (χ2v) is 5.47. The molecule has 0 saturated carbocycles. The lowest BCUT2D eigenvalue weighted by atomic mass is 10.3. The van der Waals surface area contributed by atoms with E-state index in [0.717, 1.165) is 36.4 Å². The molecule has 0 aliphatic carbocycles. The highest BCUT2D eigenvalue weighted by atomic mass is 19.2. The summed E-state index contributed by atoms with van der Waals surface area (Å²) >= 11 is 0. The van der Waals surface area contributed by atoms with Gasteiger partial charge < -0.3 is 10.1 Å². The zero-order valence-electron chi connectivity index (χ0n) is 13.7. The molecule has 0 unspecified atom stereocenters. The molecular formula is C18H18F2N4O. The van der Waals surface area contributed by atoms with Crippen LogP contribution in [-0.4, -0.2) is 21.4 Å². The Kier molecular flexibility index (Phi) is 5.23. The van der Waals surface area contributed by atoms with Gasteiger partial charge in [-0.1, -0.05) is 19.4 Å². The van der Waals surface area contributed by atoms with E-state index in [9.17, 15) is 8.78 Å². The summed E-state index contributed by atoms with van der Waals surface area (Å²) in [7, 11) is 0. The molecule has 0 fully saturated rings. The fraction of sp³-hybridized carbons (Fsp3) is 0.222. The Labute approximate surface area is 144 Å². The molecule has 7 heteroatoms. The maximum absolute atomic E-state index is 13.3. The van der Waals surface area contributed by atoms with Gasteiger partial charge >= 0.3 is 0 Å². The SMILES string of the molecule is CCCCOc1cccc(Nc2ncn(-c3ccc(F)c(F)c3)n2)c1. The summed E-state index contributed by atoms with van der Waals surface area (Å²) < 4.78 is 33.4. The average molecular weight is 344 g/mol. The lowest BCUT2D eigenvalue weighted by Crippen LogP contribution is -1.99. The van der Waals surface area contributed by atoms with Gasteiger partial charge in [0, 0.05) is 17.8 Å². The highest BCUT2D eigenvalue weighted by molar-refractivity contribution is 5.55. The van der Waals surface area contributed by atoms with E-state index in [1.165, 1.54) is 17.1 Å². The molecular weight excluding hydrogens is 326 g/mol. The molecule has 0 bridgehead atoms. The Balaban J connectivity index is 1.71. The molecule has 130 valence electrons. The largest absolute Gasteiger partial charge is 0.494 e. The van der Waals surface area contributed by atoms with E-state index < -0.39 is 11.6 Å². The molecule has 1 N–H and O–H groups in total. The van der Waals surface area contributed by atoms with Crippen molar-refractivity contribution in [2.45, 2.75) is 19.8 Å². The van der Waals surface area contributed by atoms with Crippen molar-refractivity contribution in [3.05, 3.63) is 60.4 Å². The van der Waals surface area contributed by atoms with Crippen LogP contribution >= 0.6 is 0 Å². The lowest BCUT2D eigenvalue weighted by molar-refractivity contribution is 0.309. The van der Waals surface area contributed by atoms with Gasteiger partial charge in [0.2, 0.25) is 5.95 Å². The fourth-order valence-corrected chi connectivity index (χ4v) is 2.20. The third kappa shape index (κ3) is 4.32. The van der Waals surface area contributed by atoms with Gasteiger partial charge in [-0.25, -0.2) is 13.5 Å². The molecule has 3 rings (SSSR count). The van der Waals surface area contributed by atoms with Gasteiger partial charge in [-0.3, -0.25) is 0 Å². The molecule has 3 aromatic rings. The van der Waals surface area contributed by atoms with Crippen LogP contribution in [0.2, 0.25) is 0 Å². The molecule has 25 heavy (non-hydrogen) atoms. The maximum Gasteiger partial charge on any atom is 0.246 e. The van der Waals surface area contributed by atoms with Gasteiger partial charge in [-0.15, -0.1) is 5.10 Å². The van der Waals surface area contributed by atoms with Gasteiger partial charge in [0.05, 0.1) is 12.3 Å². The van der Waals surface area contributed by atoms with Crippen LogP contribution in [0.1, 0.15) is 19.8 Å². The smallest absolute Gasteiger partial charge is 0.246 e. The van der Waals surface area contributed by atoms with Gasteiger partial charge in [0.25, 0.3) is 0 Å². The van der Waals surface area contributed by atoms with Crippen molar-refractivity contribution < 1.29 is 13.5 Å². The van der Waals surface area contributed by atoms with Crippen molar-refractivity contribution in [3.63, 3.8) is 0 Å². The maximum atomic E-state index is 13.3. The normalized spacial score (nSPS) is 10.7. The number of nitrogens with zero attached hydrogens (tertiary/aromatic N) is 3. The van der Waals surface area contributed by atoms with Gasteiger partial charge in [0.15, 0.2) is 11.6 Å². The lowest BCUT2D eigenvalue weighted by Gasteiger charge is -2.07. The van der Waals surface area contributed by atoms with E-state index in [1.807, 2.05) is 24.3 Å². The van der Waals surface area contributed by atoms with Gasteiger partial charge in [0.1, 0.15) is 12.1 Å². The van der Waals surface area contributed by atoms with Gasteiger partial charge in [-0.2, -0.15) is 4.98 Å². The van der Waals surface area contributed by atoms with Crippen LogP contribution < -0.4 is 10.1 Å². The third-order valence-electron chi connectivity index (χ3n) is 3.52. The number of hydrogen-bond acceptors (Lipinski definition) is 4. The predicted octanol–water partition coefficient (Wildman–Crippen LogP) is 4.47. The zero-order chi connectivity index (χ0) is 17.6. The van der Waals surface area contributed by atoms with E-state index in [0.29, 0.717) is 18.2 Å². The first-order valence-electron chi connectivity index (χ1n) is 8.02. The summed E-state index contributed by atoms with van der Waals surface area (Å²) in [5.41, 5.74) is 1.16. The Bertz CT molecular complexity index is 851. The van der Waals surface area contributed by atoms with E-state index in [1.54, 1.807) is 0 Å². The quantitative estimate of drug-likeness (QED) is 0.643. The van der Waals surface area contributed by atoms with E-state index in [2.05, 4.69) is 22.3 Å². The summed E-state index contributed by atoms with van der Waals surface area (Å²) in [5.74, 6) is -0.726. The molecule has 1 heterocycles. The molecule has 0 aliphatic rings. The monoisotopic (exact) mass is 344 g/mol. The highest BCUT2D eigenvalue weighted by Crippen LogP contribution is 2.20. The number of rotatable bonds is 7. The first-order chi connectivity index (χ1) is 12.2. The van der Waals surface area contributed by atoms with Crippen molar-refractivity contribution in [1.82, 2.24) is 14.8 Å². The molecule has 1 aromatic heterocycles. The molecule has 0 amide bonds. The number of benzene rings is 2. The summed E-state index contributed by atoms with van der Waals surface area (Å²) in [6.07, 6.45) is 3.50. The topological polar surface area (TPSA) is 52.0 Å². The zero-order valence-corrected chi connectivity index (χ0v) is 13.7. The molecule has 0 atom stereocenters. The summed E-state index contributed by atoms with van der Waals surface area (Å²) in [6.45, 7) is 2.78. The van der Waals surface area contributed by atoms with E-state index >= 15 is 0 Å². The Morgan fingerprint density at radius 2 is 2.00 bits per heavy atom. The molecule has 0 spiro atoms. The predicted molar refractivity (Wildman–Crippen MR) is 91.4 cm³/mol. The molecule has 2 aromatic carbocycles. The number of hydrogen-bond donors (Lipinski definition) is 1. The summed E-state index contributed by atoms with van der Waals surface area (Å²) in [5, 5.41) is 7.28. The van der Waals surface area contributed by atoms with Crippen LogP contribution in [0.3, 0.4) is 0 Å². The van der Waals surface area contributed by atoms with Crippen molar-refractivity contribution in [2.75, 3.05) is 11.9 Å². The average Bonchev–Trinajstić information content (AvgIpc) is 3.06. The highest BCUT2D eigenvalue weighted by Gasteiger charge is 2.07. The molecule has 0 aliphatic heterocycles. The number of ether oxygens (including phenoxy) is 1. The minimum absolute atomic E-state index is 0.343. The number of nitrogens with one attached hydrogen (secondary N) is 1. The van der Waals surface area contributed by atoms with Crippen LogP contribution in [0.5, 0.6) is 5.75 Å². The van der Waals surface area contributed by atoms with Crippen LogP contribution in [0, 0.1) is 11.6 Å². The van der Waals surface area contributed by atoms with Crippen molar-refractivity contribution in [3.8, 4) is 11.4 Å². The Morgan fingerprint density at radius 1 is 1.12 bits per heavy atom. The number of unbranched alkanes of at least 4 members (excludes halogenated alkanes) is 1. The Hall–Kier alpha value is -2.96. The molecule has 5 nitrogen and oxygen atoms in total. The minimum Gasteiger partial charge on any atom is -0.494 e. The number of anilines is 2. The number of aromatic nitrogens is 3. The third-order valence-corrected chi connectivity index (χ3v) is 3.52. The Morgan fingerprint density at radius 3 is 2.80 bits per heavy atom. The number of halogens is 2. The van der Waals surface area contributed by atoms with E-state index in [4.69, 9.17) is 4.74 Å². The standard InChI is InChI=1S/C18H18F2N4O/c1-2-3-9-25-15-6-4-5-13(10-15)22-18-21-12-24(23-18)14-7-8-16(19)17(20)11-14/h4-8,10-12H,2-3,9H2,1H3,(H,22,23). The first kappa shape index (κ1) is 16.9. The fourth-order valence-electron chi connectivity index (χ4n) is 2.20. The van der Waals surface area contributed by atoms with Crippen molar-refractivity contribution in [1.29, 1.82) is 0 Å². The van der Waals surface area contributed by atoms with E-state index in [-0.39, 0.29) is 0 Å². The molecule has 0 radical (unpaired) electrons. The van der Waals surface area contributed by atoms with Crippen molar-refractivity contribution in [2.24, 2.45) is 0 Å². The first-order valence-corrected chi connectivity index (χ1v) is 8.02.